The van der Waals surface area contributed by atoms with Crippen molar-refractivity contribution in [2.75, 3.05) is 19.6 Å². The number of nitrogens with one attached hydrogen (secondary N) is 1. The van der Waals surface area contributed by atoms with Crippen LogP contribution >= 0.6 is 11.3 Å². The summed E-state index contributed by atoms with van der Waals surface area (Å²) in [5, 5.41) is 4.76. The predicted molar refractivity (Wildman–Crippen MR) is 93.3 cm³/mol. The summed E-state index contributed by atoms with van der Waals surface area (Å²) in [6.07, 6.45) is 3.62. The maximum Gasteiger partial charge on any atom is 0.410 e. The van der Waals surface area contributed by atoms with Gasteiger partial charge in [-0.1, -0.05) is 0 Å². The summed E-state index contributed by atoms with van der Waals surface area (Å²) in [6, 6.07) is 0. The Morgan fingerprint density at radius 1 is 1.42 bits per heavy atom. The highest BCUT2D eigenvalue weighted by atomic mass is 32.1. The van der Waals surface area contributed by atoms with Gasteiger partial charge in [-0.2, -0.15) is 0 Å². The molecule has 2 heterocycles. The highest BCUT2D eigenvalue weighted by Gasteiger charge is 2.20. The quantitative estimate of drug-likeness (QED) is 0.865. The van der Waals surface area contributed by atoms with Crippen molar-refractivity contribution in [3.63, 3.8) is 0 Å². The van der Waals surface area contributed by atoms with Gasteiger partial charge in [-0.05, 0) is 27.7 Å². The number of amides is 2. The summed E-state index contributed by atoms with van der Waals surface area (Å²) in [5.74, 6) is -0.110. The number of ether oxygens (including phenoxy) is 1. The van der Waals surface area contributed by atoms with Crippen molar-refractivity contribution in [3.8, 4) is 0 Å². The fourth-order valence-electron chi connectivity index (χ4n) is 2.12. The van der Waals surface area contributed by atoms with Gasteiger partial charge in [-0.25, -0.2) is 9.78 Å². The highest BCUT2D eigenvalue weighted by Crippen LogP contribution is 2.12. The van der Waals surface area contributed by atoms with Crippen molar-refractivity contribution in [3.05, 3.63) is 23.5 Å². The van der Waals surface area contributed by atoms with Gasteiger partial charge in [0.1, 0.15) is 5.60 Å². The number of carbonyl (C=O) groups excluding carboxylic acids is 2. The van der Waals surface area contributed by atoms with Crippen LogP contribution in [-0.2, 0) is 16.0 Å². The molecule has 0 aliphatic rings. The summed E-state index contributed by atoms with van der Waals surface area (Å²) in [6.45, 7) is 8.69. The van der Waals surface area contributed by atoms with Gasteiger partial charge in [-0.15, -0.1) is 11.3 Å². The molecule has 0 radical (unpaired) electrons. The van der Waals surface area contributed by atoms with Crippen LogP contribution in [0.5, 0.6) is 0 Å². The van der Waals surface area contributed by atoms with Gasteiger partial charge in [0.15, 0.2) is 4.96 Å². The monoisotopic (exact) mass is 352 g/mol. The molecule has 0 aromatic carbocycles. The van der Waals surface area contributed by atoms with E-state index in [0.717, 1.165) is 10.7 Å². The molecule has 0 fully saturated rings. The van der Waals surface area contributed by atoms with Crippen molar-refractivity contribution in [2.24, 2.45) is 0 Å². The first-order chi connectivity index (χ1) is 11.3. The zero-order valence-electron chi connectivity index (χ0n) is 14.5. The van der Waals surface area contributed by atoms with Crippen molar-refractivity contribution < 1.29 is 14.3 Å². The van der Waals surface area contributed by atoms with Crippen LogP contribution < -0.4 is 5.32 Å². The highest BCUT2D eigenvalue weighted by molar-refractivity contribution is 7.15. The summed E-state index contributed by atoms with van der Waals surface area (Å²) in [5.41, 5.74) is 0.209. The number of hydrogen-bond donors (Lipinski definition) is 1. The first-order valence-corrected chi connectivity index (χ1v) is 8.82. The fourth-order valence-corrected chi connectivity index (χ4v) is 2.84. The van der Waals surface area contributed by atoms with Crippen LogP contribution in [0.1, 0.15) is 33.4 Å². The van der Waals surface area contributed by atoms with E-state index in [-0.39, 0.29) is 18.4 Å². The molecule has 2 rings (SSSR count). The average Bonchev–Trinajstić information content (AvgIpc) is 3.02. The third-order valence-corrected chi connectivity index (χ3v) is 3.99. The number of rotatable bonds is 6. The number of imidazole rings is 1. The van der Waals surface area contributed by atoms with Crippen LogP contribution in [0.3, 0.4) is 0 Å². The lowest BCUT2D eigenvalue weighted by Gasteiger charge is -2.26. The molecule has 0 unspecified atom stereocenters. The summed E-state index contributed by atoms with van der Waals surface area (Å²) < 4.78 is 7.23. The molecule has 0 atom stereocenters. The maximum absolute atomic E-state index is 12.0. The number of likely N-dealkylation sites (N-methyl/N-ethyl adjacent to an activating group) is 1. The molecule has 0 bridgehead atoms. The molecule has 0 spiro atoms. The SMILES string of the molecule is CCN(CCNC(=O)Cc1cn2ccsc2n1)C(=O)OC(C)(C)C. The molecule has 2 aromatic heterocycles. The molecule has 0 saturated carbocycles. The van der Waals surface area contributed by atoms with Gasteiger partial charge >= 0.3 is 6.09 Å². The Hall–Kier alpha value is -2.09. The van der Waals surface area contributed by atoms with E-state index in [1.807, 2.05) is 49.9 Å². The van der Waals surface area contributed by atoms with E-state index in [1.54, 1.807) is 4.90 Å². The molecule has 2 aromatic rings. The van der Waals surface area contributed by atoms with Crippen LogP contribution in [-0.4, -0.2) is 51.5 Å². The van der Waals surface area contributed by atoms with E-state index in [0.29, 0.717) is 19.6 Å². The lowest BCUT2D eigenvalue weighted by Crippen LogP contribution is -2.41. The smallest absolute Gasteiger partial charge is 0.410 e. The second-order valence-corrected chi connectivity index (χ2v) is 7.28. The van der Waals surface area contributed by atoms with Gasteiger partial charge < -0.3 is 15.0 Å². The van der Waals surface area contributed by atoms with Crippen LogP contribution in [0.4, 0.5) is 4.79 Å². The van der Waals surface area contributed by atoms with Crippen molar-refractivity contribution in [2.45, 2.75) is 39.7 Å². The average molecular weight is 352 g/mol. The molecule has 0 saturated heterocycles. The zero-order valence-corrected chi connectivity index (χ0v) is 15.4. The summed E-state index contributed by atoms with van der Waals surface area (Å²) in [4.78, 5) is 30.8. The molecular formula is C16H24N4O3S. The van der Waals surface area contributed by atoms with E-state index in [9.17, 15) is 9.59 Å². The first kappa shape index (κ1) is 18.3. The van der Waals surface area contributed by atoms with Gasteiger partial charge in [0.05, 0.1) is 12.1 Å². The van der Waals surface area contributed by atoms with E-state index in [4.69, 9.17) is 4.74 Å². The number of nitrogens with zero attached hydrogens (tertiary/aromatic N) is 3. The van der Waals surface area contributed by atoms with E-state index >= 15 is 0 Å². The van der Waals surface area contributed by atoms with Crippen molar-refractivity contribution >= 4 is 28.3 Å². The Labute approximate surface area is 145 Å². The first-order valence-electron chi connectivity index (χ1n) is 7.94. The predicted octanol–water partition coefficient (Wildman–Crippen LogP) is 2.31. The number of aromatic nitrogens is 2. The van der Waals surface area contributed by atoms with Crippen LogP contribution in [0.25, 0.3) is 4.96 Å². The number of hydrogen-bond acceptors (Lipinski definition) is 5. The standard InChI is InChI=1S/C16H24N4O3S/c1-5-19(15(22)23-16(2,3)4)7-6-17-13(21)10-12-11-20-8-9-24-14(20)18-12/h8-9,11H,5-7,10H2,1-4H3,(H,17,21). The maximum atomic E-state index is 12.0. The lowest BCUT2D eigenvalue weighted by atomic mass is 10.2. The third-order valence-electron chi connectivity index (χ3n) is 3.22. The normalized spacial score (nSPS) is 11.5. The number of fused-ring (bicyclic) bond motifs is 1. The van der Waals surface area contributed by atoms with Gasteiger partial charge in [-0.3, -0.25) is 9.20 Å². The van der Waals surface area contributed by atoms with Crippen molar-refractivity contribution in [1.82, 2.24) is 19.6 Å². The lowest BCUT2D eigenvalue weighted by molar-refractivity contribution is -0.120. The minimum atomic E-state index is -0.526. The zero-order chi connectivity index (χ0) is 17.7. The largest absolute Gasteiger partial charge is 0.444 e. The molecule has 132 valence electrons. The van der Waals surface area contributed by atoms with E-state index in [2.05, 4.69) is 10.3 Å². The molecular weight excluding hydrogens is 328 g/mol. The van der Waals surface area contributed by atoms with Gasteiger partial charge in [0.25, 0.3) is 0 Å². The van der Waals surface area contributed by atoms with Crippen LogP contribution in [0.2, 0.25) is 0 Å². The molecule has 1 N–H and O–H groups in total. The molecule has 2 amide bonds. The fraction of sp³-hybridized carbons (Fsp3) is 0.562. The third kappa shape index (κ3) is 5.23. The molecule has 7 nitrogen and oxygen atoms in total. The minimum absolute atomic E-state index is 0.110. The summed E-state index contributed by atoms with van der Waals surface area (Å²) >= 11 is 1.53. The Kier molecular flexibility index (Phi) is 5.82. The Bertz CT molecular complexity index is 673. The van der Waals surface area contributed by atoms with Crippen molar-refractivity contribution in [1.29, 1.82) is 0 Å². The second kappa shape index (κ2) is 7.65. The summed E-state index contributed by atoms with van der Waals surface area (Å²) in [7, 11) is 0. The molecule has 24 heavy (non-hydrogen) atoms. The topological polar surface area (TPSA) is 75.9 Å². The van der Waals surface area contributed by atoms with E-state index < -0.39 is 5.60 Å². The number of thiazole rings is 1. The van der Waals surface area contributed by atoms with E-state index in [1.165, 1.54) is 11.3 Å². The van der Waals surface area contributed by atoms with Gasteiger partial charge in [0, 0.05) is 37.4 Å². The van der Waals surface area contributed by atoms with Gasteiger partial charge in [0.2, 0.25) is 5.91 Å². The van der Waals surface area contributed by atoms with Crippen LogP contribution in [0.15, 0.2) is 17.8 Å². The minimum Gasteiger partial charge on any atom is -0.444 e. The number of carbonyl (C=O) groups is 2. The Morgan fingerprint density at radius 2 is 2.17 bits per heavy atom. The van der Waals surface area contributed by atoms with Crippen LogP contribution in [0, 0.1) is 0 Å². The molecule has 0 aliphatic heterocycles. The Balaban J connectivity index is 1.76. The molecule has 0 aliphatic carbocycles. The second-order valence-electron chi connectivity index (χ2n) is 6.41. The Morgan fingerprint density at radius 3 is 2.79 bits per heavy atom. The molecule has 8 heteroatoms.